The average Bonchev–Trinajstić information content (AvgIpc) is 2.62. The van der Waals surface area contributed by atoms with E-state index in [9.17, 15) is 9.36 Å². The van der Waals surface area contributed by atoms with Crippen molar-refractivity contribution in [1.82, 2.24) is 0 Å². The third-order valence-electron chi connectivity index (χ3n) is 3.58. The fourth-order valence-corrected chi connectivity index (χ4v) is 6.14. The molecule has 2 aromatic carbocycles. The SMILES string of the molecule is CCCSP(=O)(OCC)Oc1cc2c(=O)c3ccccc3oc2cc1Cl. The Morgan fingerprint density at radius 3 is 2.65 bits per heavy atom. The third-order valence-corrected chi connectivity index (χ3v) is 7.81. The van der Waals surface area contributed by atoms with Crippen LogP contribution in [0, 0.1) is 0 Å². The van der Waals surface area contributed by atoms with E-state index in [1.54, 1.807) is 31.2 Å². The van der Waals surface area contributed by atoms with Crippen LogP contribution in [0.1, 0.15) is 20.3 Å². The Labute approximate surface area is 159 Å². The molecular formula is C18H18ClO5PS. The van der Waals surface area contributed by atoms with Gasteiger partial charge in [-0.05, 0) is 42.9 Å². The zero-order valence-electron chi connectivity index (χ0n) is 14.4. The summed E-state index contributed by atoms with van der Waals surface area (Å²) in [6.45, 7) is 0.532. The summed E-state index contributed by atoms with van der Waals surface area (Å²) in [6, 6.07) is 9.94. The molecule has 0 radical (unpaired) electrons. The minimum atomic E-state index is -3.43. The number of halogens is 1. The van der Waals surface area contributed by atoms with Gasteiger partial charge >= 0.3 is 6.80 Å². The molecule has 8 heteroatoms. The van der Waals surface area contributed by atoms with Gasteiger partial charge < -0.3 is 8.94 Å². The molecule has 5 nitrogen and oxygen atoms in total. The highest BCUT2D eigenvalue weighted by Gasteiger charge is 2.28. The highest BCUT2D eigenvalue weighted by atomic mass is 35.5. The molecule has 0 N–H and O–H groups in total. The summed E-state index contributed by atoms with van der Waals surface area (Å²) < 4.78 is 29.6. The predicted octanol–water partition coefficient (Wildman–Crippen LogP) is 6.27. The van der Waals surface area contributed by atoms with E-state index in [0.717, 1.165) is 17.8 Å². The van der Waals surface area contributed by atoms with Crippen LogP contribution in [0.5, 0.6) is 5.75 Å². The molecule has 1 unspecified atom stereocenters. The van der Waals surface area contributed by atoms with Gasteiger partial charge in [-0.15, -0.1) is 0 Å². The summed E-state index contributed by atoms with van der Waals surface area (Å²) in [5.41, 5.74) is 0.627. The van der Waals surface area contributed by atoms with Crippen molar-refractivity contribution in [2.24, 2.45) is 0 Å². The molecule has 0 aliphatic rings. The fraction of sp³-hybridized carbons (Fsp3) is 0.278. The summed E-state index contributed by atoms with van der Waals surface area (Å²) in [7, 11) is 0. The molecule has 0 bridgehead atoms. The second-order valence-corrected chi connectivity index (χ2v) is 10.0. The first kappa shape index (κ1) is 19.3. The quantitative estimate of drug-likeness (QED) is 0.336. The van der Waals surface area contributed by atoms with E-state index >= 15 is 0 Å². The van der Waals surface area contributed by atoms with Gasteiger partial charge in [0.2, 0.25) is 5.43 Å². The van der Waals surface area contributed by atoms with Gasteiger partial charge in [0.25, 0.3) is 0 Å². The van der Waals surface area contributed by atoms with Crippen molar-refractivity contribution in [3.63, 3.8) is 0 Å². The maximum absolute atomic E-state index is 12.9. The lowest BCUT2D eigenvalue weighted by Crippen LogP contribution is -2.03. The normalized spacial score (nSPS) is 13.8. The summed E-state index contributed by atoms with van der Waals surface area (Å²) in [4.78, 5) is 12.8. The topological polar surface area (TPSA) is 65.7 Å². The van der Waals surface area contributed by atoms with Crippen LogP contribution in [0.4, 0.5) is 0 Å². The molecular weight excluding hydrogens is 395 g/mol. The predicted molar refractivity (Wildman–Crippen MR) is 108 cm³/mol. The summed E-state index contributed by atoms with van der Waals surface area (Å²) >= 11 is 7.39. The molecule has 0 aliphatic carbocycles. The number of hydrogen-bond donors (Lipinski definition) is 0. The van der Waals surface area contributed by atoms with E-state index in [2.05, 4.69) is 0 Å². The molecule has 0 saturated carbocycles. The van der Waals surface area contributed by atoms with Crippen LogP contribution >= 0.6 is 29.8 Å². The number of hydrogen-bond acceptors (Lipinski definition) is 6. The molecule has 1 atom stereocenters. The van der Waals surface area contributed by atoms with Gasteiger partial charge in [-0.3, -0.25) is 9.32 Å². The molecule has 0 spiro atoms. The van der Waals surface area contributed by atoms with Crippen molar-refractivity contribution in [3.05, 3.63) is 51.6 Å². The average molecular weight is 413 g/mol. The van der Waals surface area contributed by atoms with Crippen molar-refractivity contribution in [2.75, 3.05) is 12.4 Å². The maximum Gasteiger partial charge on any atom is 0.440 e. The van der Waals surface area contributed by atoms with Crippen LogP contribution in [-0.4, -0.2) is 12.4 Å². The minimum absolute atomic E-state index is 0.141. The maximum atomic E-state index is 12.9. The molecule has 3 rings (SSSR count). The van der Waals surface area contributed by atoms with Gasteiger partial charge in [-0.2, -0.15) is 0 Å². The zero-order valence-corrected chi connectivity index (χ0v) is 16.8. The molecule has 138 valence electrons. The molecule has 26 heavy (non-hydrogen) atoms. The van der Waals surface area contributed by atoms with Crippen LogP contribution in [-0.2, 0) is 9.09 Å². The van der Waals surface area contributed by atoms with E-state index in [0.29, 0.717) is 27.7 Å². The van der Waals surface area contributed by atoms with Gasteiger partial charge in [-0.1, -0.05) is 30.7 Å². The lowest BCUT2D eigenvalue weighted by Gasteiger charge is -2.18. The van der Waals surface area contributed by atoms with E-state index < -0.39 is 6.80 Å². The first-order valence-electron chi connectivity index (χ1n) is 8.21. The first-order chi connectivity index (χ1) is 12.5. The lowest BCUT2D eigenvalue weighted by molar-refractivity contribution is 0.296. The van der Waals surface area contributed by atoms with E-state index in [4.69, 9.17) is 25.1 Å². The first-order valence-corrected chi connectivity index (χ1v) is 11.7. The molecule has 0 amide bonds. The van der Waals surface area contributed by atoms with E-state index in [1.165, 1.54) is 12.1 Å². The monoisotopic (exact) mass is 412 g/mol. The number of benzene rings is 2. The number of para-hydroxylation sites is 1. The lowest BCUT2D eigenvalue weighted by atomic mass is 10.1. The number of fused-ring (bicyclic) bond motifs is 2. The van der Waals surface area contributed by atoms with Gasteiger partial charge in [0.1, 0.15) is 16.9 Å². The fourth-order valence-electron chi connectivity index (χ4n) is 2.45. The Bertz CT molecular complexity index is 1050. The van der Waals surface area contributed by atoms with Gasteiger partial charge in [-0.25, -0.2) is 4.57 Å². The van der Waals surface area contributed by atoms with Gasteiger partial charge in [0, 0.05) is 11.8 Å². The zero-order chi connectivity index (χ0) is 18.7. The minimum Gasteiger partial charge on any atom is -0.456 e. The smallest absolute Gasteiger partial charge is 0.440 e. The van der Waals surface area contributed by atoms with E-state index in [1.807, 2.05) is 6.92 Å². The standard InChI is InChI=1S/C18H18ClO5PS/c1-3-9-26-25(21,22-4-2)24-17-10-13-16(11-14(17)19)23-15-8-6-5-7-12(15)18(13)20/h5-8,10-11H,3-4,9H2,1-2H3. The van der Waals surface area contributed by atoms with Crippen molar-refractivity contribution in [2.45, 2.75) is 20.3 Å². The molecule has 1 heterocycles. The molecule has 3 aromatic rings. The van der Waals surface area contributed by atoms with Crippen LogP contribution in [0.15, 0.2) is 45.6 Å². The molecule has 1 aromatic heterocycles. The Morgan fingerprint density at radius 1 is 1.15 bits per heavy atom. The van der Waals surface area contributed by atoms with Crippen LogP contribution in [0.2, 0.25) is 5.02 Å². The Morgan fingerprint density at radius 2 is 1.92 bits per heavy atom. The van der Waals surface area contributed by atoms with Crippen molar-refractivity contribution < 1.29 is 18.0 Å². The van der Waals surface area contributed by atoms with Crippen LogP contribution < -0.4 is 9.95 Å². The summed E-state index contributed by atoms with van der Waals surface area (Å²) in [5.74, 6) is 0.761. The van der Waals surface area contributed by atoms with Gasteiger partial charge in [0.15, 0.2) is 0 Å². The van der Waals surface area contributed by atoms with E-state index in [-0.39, 0.29) is 22.8 Å². The molecule has 0 fully saturated rings. The Balaban J connectivity index is 2.10. The van der Waals surface area contributed by atoms with Crippen molar-refractivity contribution in [3.8, 4) is 5.75 Å². The Kier molecular flexibility index (Phi) is 5.98. The largest absolute Gasteiger partial charge is 0.456 e. The summed E-state index contributed by atoms with van der Waals surface area (Å²) in [6.07, 6.45) is 0.826. The molecule has 0 saturated heterocycles. The van der Waals surface area contributed by atoms with Crippen LogP contribution in [0.3, 0.4) is 0 Å². The highest BCUT2D eigenvalue weighted by molar-refractivity contribution is 8.55. The number of rotatable bonds is 7. The van der Waals surface area contributed by atoms with Crippen molar-refractivity contribution in [1.29, 1.82) is 0 Å². The third kappa shape index (κ3) is 3.94. The summed E-state index contributed by atoms with van der Waals surface area (Å²) in [5, 5.41) is 0.973. The van der Waals surface area contributed by atoms with Crippen LogP contribution in [0.25, 0.3) is 21.9 Å². The van der Waals surface area contributed by atoms with Crippen molar-refractivity contribution >= 4 is 51.7 Å². The second-order valence-electron chi connectivity index (χ2n) is 5.50. The molecule has 0 aliphatic heterocycles. The second kappa shape index (κ2) is 8.05. The Hall–Kier alpha value is -1.46. The highest BCUT2D eigenvalue weighted by Crippen LogP contribution is 2.61. The van der Waals surface area contributed by atoms with Gasteiger partial charge in [0.05, 0.1) is 22.4 Å².